The number of carbonyl (C=O) groups excluding carboxylic acids is 7. The highest BCUT2D eigenvalue weighted by atomic mass is 19.1. The van der Waals surface area contributed by atoms with Crippen LogP contribution in [0.25, 0.3) is 28.0 Å². The first kappa shape index (κ1) is 118. The number of ketones is 2. The van der Waals surface area contributed by atoms with Crippen LogP contribution in [0.1, 0.15) is 97.8 Å². The van der Waals surface area contributed by atoms with Gasteiger partial charge in [-0.3, -0.25) is 28.8 Å². The number of phenols is 1. The average Bonchev–Trinajstić information content (AvgIpc) is 1.80. The Morgan fingerprint density at radius 2 is 0.908 bits per heavy atom. The molecule has 43 heteroatoms. The van der Waals surface area contributed by atoms with E-state index in [1.54, 1.807) is 30.5 Å². The van der Waals surface area contributed by atoms with Crippen LogP contribution in [-0.2, 0) is 119 Å². The number of nitrogens with one attached hydrogen (secondary N) is 5. The van der Waals surface area contributed by atoms with Crippen molar-refractivity contribution in [1.29, 1.82) is 0 Å². The molecule has 0 bridgehead atoms. The topological polar surface area (TPSA) is 540 Å². The second-order valence-electron chi connectivity index (χ2n) is 32.9. The fourth-order valence-corrected chi connectivity index (χ4v) is 14.2. The van der Waals surface area contributed by atoms with Crippen molar-refractivity contribution in [1.82, 2.24) is 46.6 Å². The number of benzene rings is 2. The summed E-state index contributed by atoms with van der Waals surface area (Å²) in [5.41, 5.74) is 0.668. The van der Waals surface area contributed by atoms with Crippen LogP contribution in [0.15, 0.2) is 92.7 Å². The molecule has 2 unspecified atom stereocenters. The van der Waals surface area contributed by atoms with E-state index in [4.69, 9.17) is 95.0 Å². The molecule has 7 rings (SSSR count). The zero-order valence-electron chi connectivity index (χ0n) is 80.5. The number of hydrogen-bond donors (Lipinski definition) is 12. The number of nitrogens with zero attached hydrogens (tertiary/aromatic N) is 4. The molecule has 0 aliphatic carbocycles. The molecule has 5 heterocycles. The van der Waals surface area contributed by atoms with Crippen LogP contribution in [0, 0.1) is 52.7 Å². The number of amides is 5. The summed E-state index contributed by atoms with van der Waals surface area (Å²) in [6, 6.07) is 10.7. The van der Waals surface area contributed by atoms with Crippen LogP contribution in [0.3, 0.4) is 0 Å². The molecule has 3 fully saturated rings. The van der Waals surface area contributed by atoms with Crippen LogP contribution in [0.5, 0.6) is 11.5 Å². The molecule has 4 aromatic rings. The van der Waals surface area contributed by atoms with Crippen LogP contribution < -0.4 is 31.3 Å². The first-order valence-electron chi connectivity index (χ1n) is 47.2. The number of phenolic OH excluding ortho intramolecular Hbond substituents is 1. The Labute approximate surface area is 820 Å². The number of ether oxygens (including phenoxy) is 19. The Hall–Kier alpha value is -9.85. The van der Waals surface area contributed by atoms with Crippen molar-refractivity contribution >= 4 is 52.0 Å². The number of aromatic nitrogens is 4. The van der Waals surface area contributed by atoms with E-state index in [0.29, 0.717) is 73.8 Å². The van der Waals surface area contributed by atoms with Crippen molar-refractivity contribution in [3.63, 3.8) is 0 Å². The number of aliphatic hydroxyl groups is 6. The fraction of sp³-hybridized carbons (Fsp3) is 0.633. The van der Waals surface area contributed by atoms with Gasteiger partial charge in [-0.25, -0.2) is 14.1 Å². The molecule has 5 amide bonds. The monoisotopic (exact) mass is 1990 g/mol. The highest BCUT2D eigenvalue weighted by molar-refractivity contribution is 5.83. The van der Waals surface area contributed by atoms with Crippen LogP contribution in [-0.4, -0.2) is 387 Å². The van der Waals surface area contributed by atoms with Gasteiger partial charge in [-0.1, -0.05) is 59.1 Å². The first-order valence-corrected chi connectivity index (χ1v) is 47.2. The largest absolute Gasteiger partial charge is 0.505 e. The van der Waals surface area contributed by atoms with Gasteiger partial charge < -0.3 is 157 Å². The van der Waals surface area contributed by atoms with Crippen molar-refractivity contribution in [2.24, 2.45) is 11.3 Å². The van der Waals surface area contributed by atoms with E-state index in [9.17, 15) is 73.7 Å². The molecule has 42 nitrogen and oxygen atoms in total. The molecular formula is C98H140FN9O33. The Bertz CT molecular complexity index is 4480. The molecule has 3 aliphatic heterocycles. The third-order valence-electron chi connectivity index (χ3n) is 21.3. The predicted octanol–water partition coefficient (Wildman–Crippen LogP) is 1.66. The van der Waals surface area contributed by atoms with Crippen molar-refractivity contribution in [2.75, 3.05) is 205 Å². The van der Waals surface area contributed by atoms with Gasteiger partial charge in [-0.2, -0.15) is 0 Å². The summed E-state index contributed by atoms with van der Waals surface area (Å²) in [5.74, 6) is 13.3. The zero-order valence-corrected chi connectivity index (χ0v) is 80.5. The minimum Gasteiger partial charge on any atom is -0.505 e. The van der Waals surface area contributed by atoms with Gasteiger partial charge in [-0.05, 0) is 62.6 Å². The molecule has 0 saturated carbocycles. The molecule has 3 aliphatic rings. The van der Waals surface area contributed by atoms with E-state index in [1.807, 2.05) is 6.07 Å². The fourth-order valence-electron chi connectivity index (χ4n) is 14.2. The summed E-state index contributed by atoms with van der Waals surface area (Å²) in [5, 5.41) is 96.3. The van der Waals surface area contributed by atoms with Gasteiger partial charge in [0, 0.05) is 121 Å². The van der Waals surface area contributed by atoms with Crippen molar-refractivity contribution in [3.8, 4) is 64.1 Å². The summed E-state index contributed by atoms with van der Waals surface area (Å²) in [6.45, 7) is 19.6. The molecule has 0 spiro atoms. The first-order chi connectivity index (χ1) is 68.3. The maximum Gasteiger partial charge on any atom is 0.222 e. The molecule has 16 atom stereocenters. The van der Waals surface area contributed by atoms with Crippen molar-refractivity contribution in [3.05, 3.63) is 98.5 Å². The maximum atomic E-state index is 14.3. The number of aromatic hydroxyl groups is 1. The summed E-state index contributed by atoms with van der Waals surface area (Å²) in [4.78, 5) is 94.0. The Morgan fingerprint density at radius 1 is 0.468 bits per heavy atom. The number of rotatable bonds is 72. The van der Waals surface area contributed by atoms with Gasteiger partial charge in [0.15, 0.2) is 30.4 Å². The number of aliphatic hydroxyl groups excluding tert-OH is 6. The normalized spacial score (nSPS) is 21.4. The molecular weight excluding hydrogens is 1850 g/mol. The zero-order chi connectivity index (χ0) is 102. The predicted molar refractivity (Wildman–Crippen MR) is 504 cm³/mol. The Balaban J connectivity index is 0.862. The molecule has 3 saturated heterocycles. The van der Waals surface area contributed by atoms with Gasteiger partial charge in [0.1, 0.15) is 83.9 Å². The molecule has 2 aromatic carbocycles. The number of hydrogen-bond acceptors (Lipinski definition) is 36. The van der Waals surface area contributed by atoms with Crippen LogP contribution in [0.2, 0.25) is 0 Å². The molecule has 2 aromatic heterocycles. The van der Waals surface area contributed by atoms with Gasteiger partial charge in [0.2, 0.25) is 29.5 Å². The second kappa shape index (κ2) is 69.2. The number of fused-ring (bicyclic) bond motifs is 1. The van der Waals surface area contributed by atoms with Crippen LogP contribution >= 0.6 is 0 Å². The highest BCUT2D eigenvalue weighted by Gasteiger charge is 2.48. The van der Waals surface area contributed by atoms with Gasteiger partial charge in [0.25, 0.3) is 0 Å². The van der Waals surface area contributed by atoms with E-state index in [-0.39, 0.29) is 265 Å². The van der Waals surface area contributed by atoms with E-state index < -0.39 is 121 Å². The number of halogens is 1. The van der Waals surface area contributed by atoms with E-state index in [2.05, 4.69) is 92.2 Å². The highest BCUT2D eigenvalue weighted by Crippen LogP contribution is 2.33. The smallest absolute Gasteiger partial charge is 0.222 e. The summed E-state index contributed by atoms with van der Waals surface area (Å²) < 4.78 is 125. The lowest BCUT2D eigenvalue weighted by molar-refractivity contribution is -0.264. The van der Waals surface area contributed by atoms with Gasteiger partial charge in [0.05, 0.1) is 208 Å². The Kier molecular flexibility index (Phi) is 57.9. The molecule has 0 radical (unpaired) electrons. The number of pyridine rings is 1. The van der Waals surface area contributed by atoms with Crippen molar-refractivity contribution < 1.29 is 164 Å². The van der Waals surface area contributed by atoms with E-state index in [1.165, 1.54) is 55.8 Å². The van der Waals surface area contributed by atoms with Crippen molar-refractivity contribution in [2.45, 2.75) is 184 Å². The quantitative estimate of drug-likeness (QED) is 0.0170. The molecule has 782 valence electrons. The number of carbonyl (C=O) groups is 7. The summed E-state index contributed by atoms with van der Waals surface area (Å²) in [7, 11) is 0. The van der Waals surface area contributed by atoms with Gasteiger partial charge in [-0.15, -0.1) is 30.8 Å². The summed E-state index contributed by atoms with van der Waals surface area (Å²) in [6.07, 6.45) is -6.05. The number of unbranched alkanes of at least 4 members (excludes halogenated alkanes) is 2. The lowest BCUT2D eigenvalue weighted by Gasteiger charge is -2.40. The minimum absolute atomic E-state index is 0.0453. The van der Waals surface area contributed by atoms with Gasteiger partial charge >= 0.3 is 0 Å². The average molecular weight is 1990 g/mol. The van der Waals surface area contributed by atoms with E-state index in [0.717, 1.165) is 11.5 Å². The van der Waals surface area contributed by atoms with E-state index >= 15 is 0 Å². The van der Waals surface area contributed by atoms with Crippen LogP contribution in [0.4, 0.5) is 4.39 Å². The molecule has 141 heavy (non-hydrogen) atoms. The maximum absolute atomic E-state index is 14.3. The lowest BCUT2D eigenvalue weighted by atomic mass is 9.84. The standard InChI is InChI=1S/C98H140FN9O33/c1-7-35-136-95-75(60-68(4)109)89(117)90(118)81(139-95)21-13-16-39-124-49-55-130-58-52-127-46-33-101-85(115)30-43-133-66-98(63-73(112)19-18-41-135-74-25-27-77-71(61-74)23-26-78(105-77)79-64-108(107-106-79)72-24-28-80(113)76(99)62-72,67-134-44-31-86(116)102-34-47-128-53-59-131-56-50-125-40-17-14-22-83-92(120)94(122)88(104-70(6)111)97(141-83)138-37-9-3)65-132-42-29-84(114)100-32-45-126-51-57-129-54-48-123-38-15-11-10-12-20-82-91(119)93(121)87(103-69(5)110)96(140-82)137-36-8-2/h7-9,23-28,61-62,64,75,81-83,87-97,113,117-122H,1-3,10-11,15-19,29-60,63,65-67H2,4-6H3,(H,100,114)(H,101,115)(H,102,116)(H,103,110)(H,104,111)/t75-,81-,82?,83-,87-,88-,89-,90+,91+,92+,93-,94-,95+,96+,97+,98?/m1/s1. The number of Topliss-reactive ketones (excluding diaryl/α,β-unsaturated/α-hetero) is 2. The molecule has 12 N–H and O–H groups in total. The lowest BCUT2D eigenvalue weighted by Crippen LogP contribution is -2.63. The SMILES string of the molecule is C=CCO[C@H]1O[C@H](C#CCCOCCOCCOCCNC(=O)CCOCC(COCCC(=O)NCCOCCOCCOCCC#C[C@H]2O[C@H](OCC=C)[C@H](NC(C)=O)[C@@H](O)[C@H]2O)(COCCC(=O)NCCOCCOCCOCCCCC#CC2O[C@H](OCC=C)[C@H](NC(C)=O)[C@@H](O)[C@H]2O)CC(=O)CCCOc2ccc3nc(-c4cn(-c5ccc(O)c(F)c5)nn4)ccc3c2)[C@H](O)[C@H](O)[C@H]1CC(C)=O. The second-order valence-corrected chi connectivity index (χ2v) is 32.9. The summed E-state index contributed by atoms with van der Waals surface area (Å²) >= 11 is 0. The Morgan fingerprint density at radius 3 is 1.37 bits per heavy atom. The third kappa shape index (κ3) is 46.2. The minimum atomic E-state index is -1.41. The third-order valence-corrected chi connectivity index (χ3v) is 21.3.